The molecule has 3 rings (SSSR count). The summed E-state index contributed by atoms with van der Waals surface area (Å²) in [5.74, 6) is -1.02. The van der Waals surface area contributed by atoms with E-state index in [2.05, 4.69) is 19.1 Å². The monoisotopic (exact) mass is 433 g/mol. The highest BCUT2D eigenvalue weighted by atomic mass is 32.2. The van der Waals surface area contributed by atoms with Gasteiger partial charge in [0, 0.05) is 0 Å². The number of ether oxygens (including phenoxy) is 1. The largest absolute Gasteiger partial charge is 0.387 e. The van der Waals surface area contributed by atoms with Crippen LogP contribution in [0.3, 0.4) is 0 Å². The quantitative estimate of drug-likeness (QED) is 0.256. The van der Waals surface area contributed by atoms with Crippen LogP contribution in [0.4, 0.5) is 5.82 Å². The molecule has 1 aliphatic rings. The summed E-state index contributed by atoms with van der Waals surface area (Å²) in [7, 11) is -4.54. The van der Waals surface area contributed by atoms with Crippen molar-refractivity contribution in [1.82, 2.24) is 24.2 Å². The molecule has 1 amide bonds. The molecule has 15 nitrogen and oxygen atoms in total. The normalized spacial score (nSPS) is 25.9. The number of nitrogens with one attached hydrogen (secondary N) is 2. The minimum atomic E-state index is -4.54. The first kappa shape index (κ1) is 21.1. The fraction of sp³-hybridized carbons (Fsp3) is 0.538. The zero-order valence-corrected chi connectivity index (χ0v) is 15.7. The lowest BCUT2D eigenvalue weighted by atomic mass is 10.1. The number of carbonyl (C=O) groups is 1. The number of nitrogens with zero attached hydrogens (tertiary/aromatic N) is 3. The molecule has 0 unspecified atom stereocenters. The zero-order chi connectivity index (χ0) is 21.5. The third kappa shape index (κ3) is 4.07. The van der Waals surface area contributed by atoms with Gasteiger partial charge in [0.05, 0.1) is 12.6 Å². The lowest BCUT2D eigenvalue weighted by molar-refractivity contribution is -0.120. The lowest BCUT2D eigenvalue weighted by Crippen LogP contribution is -2.43. The van der Waals surface area contributed by atoms with Gasteiger partial charge in [-0.1, -0.05) is 0 Å². The molecule has 1 fully saturated rings. The van der Waals surface area contributed by atoms with E-state index in [1.165, 1.54) is 6.92 Å². The minimum Gasteiger partial charge on any atom is -0.387 e. The number of nitrogen functional groups attached to an aromatic ring is 1. The molecule has 3 heterocycles. The Labute approximate surface area is 162 Å². The van der Waals surface area contributed by atoms with E-state index in [0.717, 1.165) is 10.9 Å². The van der Waals surface area contributed by atoms with Crippen LogP contribution in [0.25, 0.3) is 11.2 Å². The number of aliphatic hydroxyl groups excluding tert-OH is 2. The Bertz CT molecular complexity index is 1080. The van der Waals surface area contributed by atoms with Crippen molar-refractivity contribution in [3.8, 4) is 0 Å². The number of amides is 1. The van der Waals surface area contributed by atoms with Crippen molar-refractivity contribution in [2.75, 3.05) is 12.3 Å². The van der Waals surface area contributed by atoms with Gasteiger partial charge >= 0.3 is 16.0 Å². The van der Waals surface area contributed by atoms with E-state index in [4.69, 9.17) is 16.2 Å². The molecule has 2 aromatic rings. The van der Waals surface area contributed by atoms with Crippen LogP contribution in [0.15, 0.2) is 11.1 Å². The van der Waals surface area contributed by atoms with Crippen molar-refractivity contribution in [2.45, 2.75) is 37.5 Å². The average molecular weight is 433 g/mol. The molecule has 0 aromatic carbocycles. The van der Waals surface area contributed by atoms with Crippen molar-refractivity contribution < 1.29 is 32.3 Å². The summed E-state index contributed by atoms with van der Waals surface area (Å²) in [5.41, 5.74) is 10.3. The van der Waals surface area contributed by atoms with Crippen LogP contribution in [-0.2, 0) is 24.0 Å². The summed E-state index contributed by atoms with van der Waals surface area (Å²) in [6, 6.07) is -1.10. The number of hydrogen-bond acceptors (Lipinski definition) is 12. The first-order chi connectivity index (χ1) is 13.5. The lowest BCUT2D eigenvalue weighted by Gasteiger charge is -2.15. The summed E-state index contributed by atoms with van der Waals surface area (Å²) >= 11 is 0. The van der Waals surface area contributed by atoms with Gasteiger partial charge in [-0.2, -0.15) is 8.42 Å². The Morgan fingerprint density at radius 2 is 2.14 bits per heavy atom. The molecule has 0 saturated carbocycles. The average Bonchev–Trinajstić information content (AvgIpc) is 3.11. The summed E-state index contributed by atoms with van der Waals surface area (Å²) < 4.78 is 36.0. The Balaban J connectivity index is 1.78. The molecule has 8 N–H and O–H groups in total. The second-order valence-corrected chi connectivity index (χ2v) is 7.65. The van der Waals surface area contributed by atoms with Crippen LogP contribution in [0.5, 0.6) is 0 Å². The fourth-order valence-corrected chi connectivity index (χ4v) is 3.48. The van der Waals surface area contributed by atoms with E-state index in [0.29, 0.717) is 0 Å². The molecule has 1 saturated heterocycles. The topological polar surface area (TPSA) is 238 Å². The third-order valence-corrected chi connectivity index (χ3v) is 5.05. The SMILES string of the molecule is C[C@H](N)C(=O)NS(=O)(=O)OC[C@H]1O[C@@H](n2c(=O)[nH]c3c(N)ncnc32)[C@H](O)[C@@H]1O. The number of H-pyrrole nitrogens is 1. The van der Waals surface area contributed by atoms with Gasteiger partial charge < -0.3 is 31.4 Å². The van der Waals surface area contributed by atoms with Crippen LogP contribution < -0.4 is 21.9 Å². The van der Waals surface area contributed by atoms with Crippen molar-refractivity contribution in [3.63, 3.8) is 0 Å². The Kier molecular flexibility index (Phi) is 5.57. The highest BCUT2D eigenvalue weighted by Gasteiger charge is 2.45. The molecule has 0 radical (unpaired) electrons. The van der Waals surface area contributed by atoms with Gasteiger partial charge in [-0.25, -0.2) is 24.1 Å². The summed E-state index contributed by atoms with van der Waals surface area (Å²) in [4.78, 5) is 33.7. The third-order valence-electron chi connectivity index (χ3n) is 4.15. The van der Waals surface area contributed by atoms with Gasteiger partial charge in [-0.3, -0.25) is 8.98 Å². The molecular weight excluding hydrogens is 414 g/mol. The Morgan fingerprint density at radius 3 is 2.79 bits per heavy atom. The minimum absolute atomic E-state index is 0.0112. The molecule has 2 aromatic heterocycles. The molecule has 0 spiro atoms. The number of aromatic nitrogens is 4. The second-order valence-electron chi connectivity index (χ2n) is 6.30. The molecule has 29 heavy (non-hydrogen) atoms. The molecular formula is C13H19N7O8S. The molecule has 0 bridgehead atoms. The first-order valence-corrected chi connectivity index (χ1v) is 9.61. The first-order valence-electron chi connectivity index (χ1n) is 8.20. The molecule has 1 aliphatic heterocycles. The summed E-state index contributed by atoms with van der Waals surface area (Å²) in [6.07, 6.45) is -4.93. The number of hydrogen-bond donors (Lipinski definition) is 6. The summed E-state index contributed by atoms with van der Waals surface area (Å²) in [6.45, 7) is 0.509. The summed E-state index contributed by atoms with van der Waals surface area (Å²) in [5, 5.41) is 20.5. The van der Waals surface area contributed by atoms with Crippen molar-refractivity contribution >= 4 is 33.2 Å². The van der Waals surface area contributed by atoms with Crippen LogP contribution in [-0.4, -0.2) is 75.0 Å². The second kappa shape index (κ2) is 7.65. The van der Waals surface area contributed by atoms with Gasteiger partial charge in [0.1, 0.15) is 30.2 Å². The predicted molar refractivity (Wildman–Crippen MR) is 95.1 cm³/mol. The van der Waals surface area contributed by atoms with E-state index < -0.39 is 59.1 Å². The maximum absolute atomic E-state index is 12.3. The van der Waals surface area contributed by atoms with E-state index in [-0.39, 0.29) is 17.0 Å². The van der Waals surface area contributed by atoms with Gasteiger partial charge in [-0.05, 0) is 6.92 Å². The number of imidazole rings is 1. The van der Waals surface area contributed by atoms with E-state index >= 15 is 0 Å². The maximum atomic E-state index is 12.3. The molecule has 5 atom stereocenters. The number of aromatic amines is 1. The van der Waals surface area contributed by atoms with Gasteiger partial charge in [0.2, 0.25) is 0 Å². The van der Waals surface area contributed by atoms with Gasteiger partial charge in [0.25, 0.3) is 5.91 Å². The molecule has 0 aliphatic carbocycles. The van der Waals surface area contributed by atoms with E-state index in [1.807, 2.05) is 0 Å². The zero-order valence-electron chi connectivity index (χ0n) is 14.9. The Hall–Kier alpha value is -2.63. The van der Waals surface area contributed by atoms with Crippen molar-refractivity contribution in [3.05, 3.63) is 16.8 Å². The number of carbonyl (C=O) groups excluding carboxylic acids is 1. The molecule has 16 heteroatoms. The standard InChI is InChI=1S/C13H19N7O8S/c1-4(14)11(23)19-29(25,26)27-2-5-7(21)8(22)12(28-5)20-10-6(18-13(20)24)9(15)16-3-17-10/h3-5,7-8,12,21-22H,2,14H2,1H3,(H,18,24)(H,19,23)(H2,15,16,17)/t4-,5+,7+,8+,12+/m0/s1. The van der Waals surface area contributed by atoms with Crippen LogP contribution in [0.2, 0.25) is 0 Å². The highest BCUT2D eigenvalue weighted by Crippen LogP contribution is 2.31. The number of nitrogens with two attached hydrogens (primary N) is 2. The number of fused-ring (bicyclic) bond motifs is 1. The van der Waals surface area contributed by atoms with Crippen LogP contribution >= 0.6 is 0 Å². The number of aliphatic hydroxyl groups is 2. The van der Waals surface area contributed by atoms with Crippen molar-refractivity contribution in [1.29, 1.82) is 0 Å². The van der Waals surface area contributed by atoms with Gasteiger partial charge in [-0.15, -0.1) is 0 Å². The smallest absolute Gasteiger partial charge is 0.362 e. The van der Waals surface area contributed by atoms with E-state index in [9.17, 15) is 28.2 Å². The highest BCUT2D eigenvalue weighted by molar-refractivity contribution is 7.85. The fourth-order valence-electron chi connectivity index (χ4n) is 2.67. The van der Waals surface area contributed by atoms with E-state index in [1.54, 1.807) is 4.72 Å². The number of rotatable bonds is 6. The van der Waals surface area contributed by atoms with Crippen LogP contribution in [0, 0.1) is 0 Å². The maximum Gasteiger partial charge on any atom is 0.362 e. The van der Waals surface area contributed by atoms with Gasteiger partial charge in [0.15, 0.2) is 17.7 Å². The molecule has 160 valence electrons. The van der Waals surface area contributed by atoms with Crippen LogP contribution in [0.1, 0.15) is 13.2 Å². The number of anilines is 1. The Morgan fingerprint density at radius 1 is 1.45 bits per heavy atom. The van der Waals surface area contributed by atoms with Crippen molar-refractivity contribution in [2.24, 2.45) is 5.73 Å². The predicted octanol–water partition coefficient (Wildman–Crippen LogP) is -3.95.